The Hall–Kier alpha value is -1.91. The van der Waals surface area contributed by atoms with Crippen LogP contribution >= 0.6 is 34.8 Å². The minimum Gasteiger partial charge on any atom is -0.0925 e. The van der Waals surface area contributed by atoms with Gasteiger partial charge in [0.25, 0.3) is 0 Å². The van der Waals surface area contributed by atoms with Gasteiger partial charge in [-0.15, -0.1) is 0 Å². The van der Waals surface area contributed by atoms with Gasteiger partial charge >= 0.3 is 0 Å². The summed E-state index contributed by atoms with van der Waals surface area (Å²) in [5, 5.41) is 1.91. The lowest BCUT2D eigenvalue weighted by Gasteiger charge is -2.25. The average Bonchev–Trinajstić information content (AvgIpc) is 2.83. The molecule has 1 aromatic carbocycles. The number of hydrogen-bond acceptors (Lipinski definition) is 0. The van der Waals surface area contributed by atoms with Crippen molar-refractivity contribution in [1.82, 2.24) is 0 Å². The molecule has 0 N–H and O–H groups in total. The van der Waals surface area contributed by atoms with E-state index in [9.17, 15) is 0 Å². The lowest BCUT2D eigenvalue weighted by atomic mass is 9.80. The van der Waals surface area contributed by atoms with E-state index < -0.39 is 0 Å². The number of allylic oxidation sites excluding steroid dienone is 12. The maximum atomic E-state index is 6.24. The molecule has 0 saturated heterocycles. The van der Waals surface area contributed by atoms with Gasteiger partial charge in [0.2, 0.25) is 0 Å². The Balaban J connectivity index is 1.47. The number of hydrogen-bond donors (Lipinski definition) is 0. The summed E-state index contributed by atoms with van der Waals surface area (Å²) in [5.74, 6) is 6.20. The molecule has 3 heteroatoms. The molecule has 4 aliphatic carbocycles. The summed E-state index contributed by atoms with van der Waals surface area (Å²) >= 11 is 18.7. The summed E-state index contributed by atoms with van der Waals surface area (Å²) in [6.07, 6.45) is 15.6. The number of benzene rings is 1. The molecule has 0 aliphatic heterocycles. The zero-order valence-corrected chi connectivity index (χ0v) is 17.5. The first-order valence-electron chi connectivity index (χ1n) is 9.41. The van der Waals surface area contributed by atoms with E-state index in [0.29, 0.717) is 15.1 Å². The third kappa shape index (κ3) is 3.33. The summed E-state index contributed by atoms with van der Waals surface area (Å²) in [4.78, 5) is 0. The standard InChI is InChI=1S/C25H17Cl3/c26-23-3-1-2-15-8-16-4-5-18-10-21-13-24(27)25(28)14-22(21)11-19(18)7-6-17(16)9-20(15)12-23/h4-7,12-14H,2,8-11H2/b5-4?,7-6-,16-4?,17-6?,18-5?,19-7?. The summed E-state index contributed by atoms with van der Waals surface area (Å²) in [6, 6.07) is 4.03. The summed E-state index contributed by atoms with van der Waals surface area (Å²) in [6.45, 7) is 0. The van der Waals surface area contributed by atoms with E-state index in [1.807, 2.05) is 18.2 Å². The highest BCUT2D eigenvalue weighted by molar-refractivity contribution is 6.42. The lowest BCUT2D eigenvalue weighted by Crippen LogP contribution is -2.09. The van der Waals surface area contributed by atoms with E-state index in [0.717, 1.165) is 32.1 Å². The van der Waals surface area contributed by atoms with Gasteiger partial charge in [-0.2, -0.15) is 0 Å². The molecule has 4 aliphatic rings. The first kappa shape index (κ1) is 18.1. The maximum Gasteiger partial charge on any atom is 0.0906 e. The molecule has 0 heterocycles. The molecule has 0 radical (unpaired) electrons. The van der Waals surface area contributed by atoms with Crippen molar-refractivity contribution in [1.29, 1.82) is 0 Å². The Morgan fingerprint density at radius 3 is 1.79 bits per heavy atom. The Bertz CT molecular complexity index is 1150. The van der Waals surface area contributed by atoms with Crippen LogP contribution < -0.4 is 0 Å². The second kappa shape index (κ2) is 7.16. The van der Waals surface area contributed by atoms with Gasteiger partial charge < -0.3 is 0 Å². The summed E-state index contributed by atoms with van der Waals surface area (Å²) in [7, 11) is 0. The van der Waals surface area contributed by atoms with Gasteiger partial charge in [-0.25, -0.2) is 0 Å². The van der Waals surface area contributed by atoms with Crippen molar-refractivity contribution in [2.24, 2.45) is 0 Å². The van der Waals surface area contributed by atoms with E-state index >= 15 is 0 Å². The van der Waals surface area contributed by atoms with Crippen LogP contribution in [0.5, 0.6) is 0 Å². The zero-order chi connectivity index (χ0) is 19.3. The Kier molecular flexibility index (Phi) is 4.64. The van der Waals surface area contributed by atoms with Crippen LogP contribution in [0, 0.1) is 11.8 Å². The van der Waals surface area contributed by atoms with Crippen LogP contribution in [-0.2, 0) is 12.8 Å². The molecule has 0 unspecified atom stereocenters. The lowest BCUT2D eigenvalue weighted by molar-refractivity contribution is 0.950. The van der Waals surface area contributed by atoms with Crippen molar-refractivity contribution in [3.05, 3.63) is 102 Å². The highest BCUT2D eigenvalue weighted by Crippen LogP contribution is 2.39. The zero-order valence-electron chi connectivity index (χ0n) is 15.2. The number of halogens is 3. The molecule has 0 saturated carbocycles. The van der Waals surface area contributed by atoms with E-state index in [-0.39, 0.29) is 0 Å². The molecule has 0 aromatic heterocycles. The molecule has 5 rings (SSSR count). The first-order valence-corrected chi connectivity index (χ1v) is 10.5. The van der Waals surface area contributed by atoms with Crippen molar-refractivity contribution in [2.75, 3.05) is 0 Å². The van der Waals surface area contributed by atoms with Gasteiger partial charge in [-0.3, -0.25) is 0 Å². The summed E-state index contributed by atoms with van der Waals surface area (Å²) < 4.78 is 0. The molecule has 0 fully saturated rings. The molecule has 138 valence electrons. The Labute approximate surface area is 180 Å². The smallest absolute Gasteiger partial charge is 0.0906 e. The molecular weight excluding hydrogens is 407 g/mol. The molecule has 0 amide bonds. The highest BCUT2D eigenvalue weighted by Gasteiger charge is 2.21. The van der Waals surface area contributed by atoms with Crippen LogP contribution in [-0.4, -0.2) is 0 Å². The Morgan fingerprint density at radius 2 is 1.18 bits per heavy atom. The van der Waals surface area contributed by atoms with Gasteiger partial charge in [-0.1, -0.05) is 76.5 Å². The van der Waals surface area contributed by atoms with Gasteiger partial charge in [0.05, 0.1) is 15.1 Å². The van der Waals surface area contributed by atoms with Gasteiger partial charge in [-0.05, 0) is 82.9 Å². The predicted molar refractivity (Wildman–Crippen MR) is 119 cm³/mol. The van der Waals surface area contributed by atoms with Crippen molar-refractivity contribution in [3.8, 4) is 11.8 Å². The number of rotatable bonds is 0. The predicted octanol–water partition coefficient (Wildman–Crippen LogP) is 7.43. The molecular formula is C25H17Cl3. The molecule has 0 bridgehead atoms. The van der Waals surface area contributed by atoms with Gasteiger partial charge in [0.15, 0.2) is 0 Å². The van der Waals surface area contributed by atoms with Crippen LogP contribution in [0.15, 0.2) is 81.0 Å². The van der Waals surface area contributed by atoms with Crippen LogP contribution in [0.3, 0.4) is 0 Å². The number of fused-ring (bicyclic) bond motifs is 1. The van der Waals surface area contributed by atoms with Crippen molar-refractivity contribution in [3.63, 3.8) is 0 Å². The molecule has 0 spiro atoms. The molecule has 0 nitrogen and oxygen atoms in total. The minimum absolute atomic E-state index is 0.630. The normalized spacial score (nSPS) is 21.3. The van der Waals surface area contributed by atoms with E-state index in [4.69, 9.17) is 34.8 Å². The fourth-order valence-electron chi connectivity index (χ4n) is 4.32. The fourth-order valence-corrected chi connectivity index (χ4v) is 4.89. The molecule has 1 aromatic rings. The second-order valence-corrected chi connectivity index (χ2v) is 8.83. The minimum atomic E-state index is 0.630. The van der Waals surface area contributed by atoms with Crippen molar-refractivity contribution in [2.45, 2.75) is 32.1 Å². The third-order valence-electron chi connectivity index (χ3n) is 5.85. The fraction of sp³-hybridized carbons (Fsp3) is 0.200. The van der Waals surface area contributed by atoms with Crippen LogP contribution in [0.1, 0.15) is 30.4 Å². The highest BCUT2D eigenvalue weighted by atomic mass is 35.5. The van der Waals surface area contributed by atoms with E-state index in [1.165, 1.54) is 44.6 Å². The first-order chi connectivity index (χ1) is 13.6. The van der Waals surface area contributed by atoms with Crippen LogP contribution in [0.25, 0.3) is 0 Å². The monoisotopic (exact) mass is 422 g/mol. The maximum absolute atomic E-state index is 6.24. The topological polar surface area (TPSA) is 0 Å². The van der Waals surface area contributed by atoms with Crippen molar-refractivity contribution >= 4 is 34.8 Å². The third-order valence-corrected chi connectivity index (χ3v) is 6.78. The quantitative estimate of drug-likeness (QED) is 0.380. The van der Waals surface area contributed by atoms with Crippen LogP contribution in [0.4, 0.5) is 0 Å². The SMILES string of the molecule is ClC1=CC2=C(CC#C1)CC1=C(/C=C\C3=C(C=C1)Cc1cc(Cl)c(Cl)cc1C3)C2. The van der Waals surface area contributed by atoms with Gasteiger partial charge in [0.1, 0.15) is 0 Å². The largest absolute Gasteiger partial charge is 0.0925 e. The average molecular weight is 424 g/mol. The van der Waals surface area contributed by atoms with E-state index in [1.54, 1.807) is 0 Å². The summed E-state index contributed by atoms with van der Waals surface area (Å²) in [5.41, 5.74) is 10.7. The molecule has 0 atom stereocenters. The second-order valence-electron chi connectivity index (χ2n) is 7.61. The van der Waals surface area contributed by atoms with E-state index in [2.05, 4.69) is 36.1 Å². The van der Waals surface area contributed by atoms with Crippen molar-refractivity contribution < 1.29 is 0 Å². The van der Waals surface area contributed by atoms with Crippen LogP contribution in [0.2, 0.25) is 10.0 Å². The van der Waals surface area contributed by atoms with Gasteiger partial charge in [0, 0.05) is 6.42 Å². The Morgan fingerprint density at radius 1 is 0.643 bits per heavy atom. The molecule has 28 heavy (non-hydrogen) atoms.